The van der Waals surface area contributed by atoms with Crippen molar-refractivity contribution in [2.45, 2.75) is 45.4 Å². The minimum atomic E-state index is -0.331. The summed E-state index contributed by atoms with van der Waals surface area (Å²) in [6, 6.07) is 3.70. The van der Waals surface area contributed by atoms with Crippen LogP contribution in [0.25, 0.3) is 0 Å². The smallest absolute Gasteiger partial charge is 0.340 e. The summed E-state index contributed by atoms with van der Waals surface area (Å²) in [4.78, 5) is 11.8. The van der Waals surface area contributed by atoms with E-state index >= 15 is 0 Å². The molecule has 0 bridgehead atoms. The van der Waals surface area contributed by atoms with E-state index < -0.39 is 0 Å². The molecule has 1 aromatic carbocycles. The molecule has 0 unspecified atom stereocenters. The van der Waals surface area contributed by atoms with Gasteiger partial charge in [0.25, 0.3) is 0 Å². The molecule has 3 nitrogen and oxygen atoms in total. The first-order valence-corrected chi connectivity index (χ1v) is 9.00. The molecule has 0 aliphatic heterocycles. The van der Waals surface area contributed by atoms with Crippen LogP contribution < -0.4 is 5.32 Å². The van der Waals surface area contributed by atoms with Gasteiger partial charge in [0.15, 0.2) is 0 Å². The zero-order chi connectivity index (χ0) is 15.7. The van der Waals surface area contributed by atoms with Crippen LogP contribution >= 0.6 is 31.9 Å². The molecule has 0 heterocycles. The summed E-state index contributed by atoms with van der Waals surface area (Å²) in [6.07, 6.45) is 7.50. The maximum Gasteiger partial charge on any atom is 0.340 e. The van der Waals surface area contributed by atoms with Gasteiger partial charge in [-0.05, 0) is 34.5 Å². The normalized spacial score (nSPS) is 10.5. The molecule has 0 fully saturated rings. The average molecular weight is 421 g/mol. The van der Waals surface area contributed by atoms with E-state index in [9.17, 15) is 4.79 Å². The van der Waals surface area contributed by atoms with E-state index in [0.717, 1.165) is 27.6 Å². The number of halogens is 2. The predicted octanol–water partition coefficient (Wildman–Crippen LogP) is 5.77. The second-order valence-corrected chi connectivity index (χ2v) is 6.77. The maximum absolute atomic E-state index is 11.8. The minimum absolute atomic E-state index is 0.331. The lowest BCUT2D eigenvalue weighted by Crippen LogP contribution is -2.10. The van der Waals surface area contributed by atoms with Crippen LogP contribution in [0.1, 0.15) is 55.8 Å². The van der Waals surface area contributed by atoms with Crippen LogP contribution in [0.3, 0.4) is 0 Å². The van der Waals surface area contributed by atoms with Gasteiger partial charge in [-0.1, -0.05) is 55.0 Å². The number of hydrogen-bond donors (Lipinski definition) is 1. The standard InChI is InChI=1S/C16H23Br2NO2/c1-3-4-5-6-7-8-9-19-15-13(16(20)21-2)10-12(17)11-14(15)18/h10-11,19H,3-9H2,1-2H3. The number of esters is 1. The Morgan fingerprint density at radius 3 is 2.48 bits per heavy atom. The average Bonchev–Trinajstić information content (AvgIpc) is 2.46. The zero-order valence-corrected chi connectivity index (χ0v) is 15.8. The molecule has 5 heteroatoms. The lowest BCUT2D eigenvalue weighted by molar-refractivity contribution is 0.0601. The van der Waals surface area contributed by atoms with E-state index in [4.69, 9.17) is 4.74 Å². The van der Waals surface area contributed by atoms with Gasteiger partial charge in [-0.2, -0.15) is 0 Å². The summed E-state index contributed by atoms with van der Waals surface area (Å²) in [6.45, 7) is 3.08. The zero-order valence-electron chi connectivity index (χ0n) is 12.7. The third kappa shape index (κ3) is 6.39. The number of carbonyl (C=O) groups excluding carboxylic acids is 1. The summed E-state index contributed by atoms with van der Waals surface area (Å²) in [7, 11) is 1.40. The van der Waals surface area contributed by atoms with Crippen LogP contribution in [-0.2, 0) is 4.74 Å². The number of unbranched alkanes of at least 4 members (excludes halogenated alkanes) is 5. The molecule has 118 valence electrons. The minimum Gasteiger partial charge on any atom is -0.465 e. The van der Waals surface area contributed by atoms with E-state index in [1.807, 2.05) is 6.07 Å². The van der Waals surface area contributed by atoms with Crippen LogP contribution in [0.5, 0.6) is 0 Å². The van der Waals surface area contributed by atoms with Crippen molar-refractivity contribution in [3.05, 3.63) is 26.6 Å². The van der Waals surface area contributed by atoms with Crippen molar-refractivity contribution in [1.29, 1.82) is 0 Å². The Bertz CT molecular complexity index is 464. The second-order valence-electron chi connectivity index (χ2n) is 5.00. The van der Waals surface area contributed by atoms with E-state index in [2.05, 4.69) is 44.1 Å². The highest BCUT2D eigenvalue weighted by atomic mass is 79.9. The summed E-state index contributed by atoms with van der Waals surface area (Å²) >= 11 is 6.89. The second kappa shape index (κ2) is 10.2. The van der Waals surface area contributed by atoms with Crippen LogP contribution in [0.15, 0.2) is 21.1 Å². The molecule has 0 aliphatic carbocycles. The molecule has 1 aromatic rings. The number of carbonyl (C=O) groups is 1. The molecule has 21 heavy (non-hydrogen) atoms. The fraction of sp³-hybridized carbons (Fsp3) is 0.562. The summed E-state index contributed by atoms with van der Waals surface area (Å²) in [5, 5.41) is 3.35. The van der Waals surface area contributed by atoms with Crippen LogP contribution in [0, 0.1) is 0 Å². The van der Waals surface area contributed by atoms with Crippen molar-refractivity contribution in [3.63, 3.8) is 0 Å². The summed E-state index contributed by atoms with van der Waals surface area (Å²) in [5.74, 6) is -0.331. The predicted molar refractivity (Wildman–Crippen MR) is 95.0 cm³/mol. The first kappa shape index (κ1) is 18.5. The van der Waals surface area contributed by atoms with Crippen molar-refractivity contribution in [3.8, 4) is 0 Å². The molecule has 0 saturated heterocycles. The fourth-order valence-electron chi connectivity index (χ4n) is 2.14. The molecule has 0 amide bonds. The first-order chi connectivity index (χ1) is 10.1. The van der Waals surface area contributed by atoms with E-state index in [1.165, 1.54) is 39.2 Å². The highest BCUT2D eigenvalue weighted by molar-refractivity contribution is 9.11. The fourth-order valence-corrected chi connectivity index (χ4v) is 3.51. The monoisotopic (exact) mass is 419 g/mol. The third-order valence-electron chi connectivity index (χ3n) is 3.29. The molecule has 0 atom stereocenters. The summed E-state index contributed by atoms with van der Waals surface area (Å²) in [5.41, 5.74) is 1.35. The van der Waals surface area contributed by atoms with E-state index in [-0.39, 0.29) is 5.97 Å². The first-order valence-electron chi connectivity index (χ1n) is 7.41. The molecule has 0 aliphatic rings. The Morgan fingerprint density at radius 2 is 1.81 bits per heavy atom. The Morgan fingerprint density at radius 1 is 1.14 bits per heavy atom. The number of rotatable bonds is 9. The van der Waals surface area contributed by atoms with Gasteiger partial charge < -0.3 is 10.1 Å². The molecule has 1 N–H and O–H groups in total. The molecular formula is C16H23Br2NO2. The topological polar surface area (TPSA) is 38.3 Å². The SMILES string of the molecule is CCCCCCCCNc1c(Br)cc(Br)cc1C(=O)OC. The highest BCUT2D eigenvalue weighted by Crippen LogP contribution is 2.31. The van der Waals surface area contributed by atoms with Crippen LogP contribution in [-0.4, -0.2) is 19.6 Å². The Hall–Kier alpha value is -0.550. The molecule has 0 saturated carbocycles. The number of nitrogens with one attached hydrogen (secondary N) is 1. The highest BCUT2D eigenvalue weighted by Gasteiger charge is 2.15. The van der Waals surface area contributed by atoms with E-state index in [1.54, 1.807) is 6.07 Å². The van der Waals surface area contributed by atoms with Crippen molar-refractivity contribution in [2.24, 2.45) is 0 Å². The third-order valence-corrected chi connectivity index (χ3v) is 4.38. The van der Waals surface area contributed by atoms with Gasteiger partial charge in [-0.3, -0.25) is 0 Å². The Kier molecular flexibility index (Phi) is 9.00. The van der Waals surface area contributed by atoms with Crippen molar-refractivity contribution >= 4 is 43.5 Å². The lowest BCUT2D eigenvalue weighted by atomic mass is 10.1. The van der Waals surface area contributed by atoms with Crippen LogP contribution in [0.4, 0.5) is 5.69 Å². The van der Waals surface area contributed by atoms with Gasteiger partial charge in [0, 0.05) is 15.5 Å². The molecule has 0 radical (unpaired) electrons. The quantitative estimate of drug-likeness (QED) is 0.407. The van der Waals surface area contributed by atoms with Crippen molar-refractivity contribution < 1.29 is 9.53 Å². The molecule has 0 spiro atoms. The van der Waals surface area contributed by atoms with Crippen LogP contribution in [0.2, 0.25) is 0 Å². The maximum atomic E-state index is 11.8. The largest absolute Gasteiger partial charge is 0.465 e. The molecular weight excluding hydrogens is 398 g/mol. The number of hydrogen-bond acceptors (Lipinski definition) is 3. The van der Waals surface area contributed by atoms with Gasteiger partial charge in [-0.15, -0.1) is 0 Å². The van der Waals surface area contributed by atoms with Crippen molar-refractivity contribution in [1.82, 2.24) is 0 Å². The number of anilines is 1. The summed E-state index contributed by atoms with van der Waals surface area (Å²) < 4.78 is 6.55. The molecule has 0 aromatic heterocycles. The molecule has 1 rings (SSSR count). The number of ether oxygens (including phenoxy) is 1. The lowest BCUT2D eigenvalue weighted by Gasteiger charge is -2.13. The van der Waals surface area contributed by atoms with Gasteiger partial charge >= 0.3 is 5.97 Å². The number of methoxy groups -OCH3 is 1. The van der Waals surface area contributed by atoms with Gasteiger partial charge in [0.2, 0.25) is 0 Å². The van der Waals surface area contributed by atoms with Gasteiger partial charge in [0.1, 0.15) is 0 Å². The van der Waals surface area contributed by atoms with Gasteiger partial charge in [-0.25, -0.2) is 4.79 Å². The van der Waals surface area contributed by atoms with Gasteiger partial charge in [0.05, 0.1) is 18.4 Å². The Balaban J connectivity index is 2.56. The van der Waals surface area contributed by atoms with Crippen molar-refractivity contribution in [2.75, 3.05) is 19.0 Å². The Labute approximate surface area is 144 Å². The number of benzene rings is 1. The van der Waals surface area contributed by atoms with E-state index in [0.29, 0.717) is 5.56 Å².